The van der Waals surface area contributed by atoms with Crippen molar-refractivity contribution in [2.45, 2.75) is 25.8 Å². The van der Waals surface area contributed by atoms with E-state index in [4.69, 9.17) is 0 Å². The summed E-state index contributed by atoms with van der Waals surface area (Å²) in [5, 5.41) is 21.2. The van der Waals surface area contributed by atoms with E-state index in [0.29, 0.717) is 24.3 Å². The number of carbonyl (C=O) groups is 2. The molecule has 1 aromatic carbocycles. The van der Waals surface area contributed by atoms with Gasteiger partial charge in [0.25, 0.3) is 5.91 Å². The monoisotopic (exact) mass is 353 g/mol. The number of hydrogen-bond donors (Lipinski definition) is 2. The number of rotatable bonds is 3. The van der Waals surface area contributed by atoms with Crippen molar-refractivity contribution in [3.05, 3.63) is 47.4 Å². The third-order valence-electron chi connectivity index (χ3n) is 5.08. The number of carbonyl (C=O) groups excluding carboxylic acids is 1. The number of carboxylic acid groups (broad SMARTS) is 1. The first kappa shape index (κ1) is 16.3. The van der Waals surface area contributed by atoms with Gasteiger partial charge in [0.15, 0.2) is 0 Å². The van der Waals surface area contributed by atoms with Crippen molar-refractivity contribution in [1.82, 2.24) is 24.9 Å². The molecule has 134 valence electrons. The maximum Gasteiger partial charge on any atom is 0.339 e. The molecule has 1 amide bonds. The van der Waals surface area contributed by atoms with Crippen molar-refractivity contribution >= 4 is 22.8 Å². The van der Waals surface area contributed by atoms with Gasteiger partial charge in [-0.3, -0.25) is 14.6 Å². The number of likely N-dealkylation sites (tertiary alicyclic amines) is 1. The minimum atomic E-state index is -0.964. The molecule has 2 N–H and O–H groups in total. The van der Waals surface area contributed by atoms with E-state index in [1.807, 2.05) is 23.1 Å². The molecule has 8 heteroatoms. The number of benzene rings is 1. The Morgan fingerprint density at radius 3 is 2.65 bits per heavy atom. The summed E-state index contributed by atoms with van der Waals surface area (Å²) in [5.41, 5.74) is 2.27. The van der Waals surface area contributed by atoms with Crippen LogP contribution in [0.15, 0.2) is 30.6 Å². The highest BCUT2D eigenvalue weighted by Crippen LogP contribution is 2.26. The molecule has 0 bridgehead atoms. The zero-order valence-corrected chi connectivity index (χ0v) is 14.3. The average Bonchev–Trinajstić information content (AvgIpc) is 3.27. The highest BCUT2D eigenvalue weighted by molar-refractivity contribution is 6.05. The molecule has 0 radical (unpaired) electrons. The Morgan fingerprint density at radius 2 is 1.96 bits per heavy atom. The summed E-state index contributed by atoms with van der Waals surface area (Å²) in [6.07, 6.45) is 4.59. The largest absolute Gasteiger partial charge is 0.478 e. The van der Waals surface area contributed by atoms with E-state index in [2.05, 4.69) is 15.3 Å². The van der Waals surface area contributed by atoms with Crippen molar-refractivity contribution < 1.29 is 14.7 Å². The first-order valence-electron chi connectivity index (χ1n) is 8.55. The number of nitrogens with one attached hydrogen (secondary N) is 1. The molecule has 0 spiro atoms. The first-order valence-corrected chi connectivity index (χ1v) is 8.55. The van der Waals surface area contributed by atoms with Gasteiger partial charge in [-0.2, -0.15) is 10.2 Å². The van der Waals surface area contributed by atoms with E-state index in [0.717, 1.165) is 23.7 Å². The van der Waals surface area contributed by atoms with E-state index >= 15 is 0 Å². The van der Waals surface area contributed by atoms with Crippen LogP contribution in [0.1, 0.15) is 45.3 Å². The Kier molecular flexibility index (Phi) is 3.95. The number of hydrogen-bond acceptors (Lipinski definition) is 4. The highest BCUT2D eigenvalue weighted by Gasteiger charge is 2.27. The molecule has 4 rings (SSSR count). The zero-order chi connectivity index (χ0) is 18.3. The van der Waals surface area contributed by atoms with E-state index in [1.165, 1.54) is 6.20 Å². The standard InChI is InChI=1S/C18H19N5O3/c1-11-15(18(25)26)10-20-23(11)13-5-7-22(8-6-13)17(24)14-4-2-3-12-9-19-21-16(12)14/h2-4,9-10,13H,5-8H2,1H3,(H,19,21)(H,25,26). The van der Waals surface area contributed by atoms with Gasteiger partial charge in [-0.1, -0.05) is 12.1 Å². The van der Waals surface area contributed by atoms with Crippen LogP contribution >= 0.6 is 0 Å². The lowest BCUT2D eigenvalue weighted by Crippen LogP contribution is -2.39. The zero-order valence-electron chi connectivity index (χ0n) is 14.3. The summed E-state index contributed by atoms with van der Waals surface area (Å²) in [6, 6.07) is 5.70. The number of nitrogens with zero attached hydrogens (tertiary/aromatic N) is 4. The van der Waals surface area contributed by atoms with Crippen LogP contribution in [0.5, 0.6) is 0 Å². The van der Waals surface area contributed by atoms with Gasteiger partial charge in [0.1, 0.15) is 5.56 Å². The smallest absolute Gasteiger partial charge is 0.339 e. The van der Waals surface area contributed by atoms with Crippen molar-refractivity contribution in [2.24, 2.45) is 0 Å². The number of aromatic amines is 1. The fraction of sp³-hybridized carbons (Fsp3) is 0.333. The SMILES string of the molecule is Cc1c(C(=O)O)cnn1C1CCN(C(=O)c2cccc3cn[nH]c23)CC1. The summed E-state index contributed by atoms with van der Waals surface area (Å²) in [4.78, 5) is 25.9. The lowest BCUT2D eigenvalue weighted by molar-refractivity contribution is 0.0689. The molecule has 1 aliphatic rings. The summed E-state index contributed by atoms with van der Waals surface area (Å²) in [7, 11) is 0. The van der Waals surface area contributed by atoms with Crippen molar-refractivity contribution in [2.75, 3.05) is 13.1 Å². The molecule has 0 aliphatic carbocycles. The molecule has 26 heavy (non-hydrogen) atoms. The summed E-state index contributed by atoms with van der Waals surface area (Å²) in [5.74, 6) is -0.976. The van der Waals surface area contributed by atoms with E-state index in [-0.39, 0.29) is 17.5 Å². The number of aromatic carboxylic acids is 1. The Labute approximate surface area is 149 Å². The number of fused-ring (bicyclic) bond motifs is 1. The molecule has 1 aliphatic heterocycles. The molecule has 0 saturated carbocycles. The van der Waals surface area contributed by atoms with Crippen LogP contribution in [-0.4, -0.2) is 55.0 Å². The summed E-state index contributed by atoms with van der Waals surface area (Å²) < 4.78 is 1.78. The molecule has 2 aromatic heterocycles. The summed E-state index contributed by atoms with van der Waals surface area (Å²) >= 11 is 0. The number of aromatic nitrogens is 4. The van der Waals surface area contributed by atoms with Gasteiger partial charge in [-0.25, -0.2) is 4.79 Å². The molecule has 0 atom stereocenters. The Balaban J connectivity index is 1.49. The first-order chi connectivity index (χ1) is 12.6. The number of para-hydroxylation sites is 1. The number of amides is 1. The van der Waals surface area contributed by atoms with Crippen LogP contribution < -0.4 is 0 Å². The Bertz CT molecular complexity index is 982. The Morgan fingerprint density at radius 1 is 1.19 bits per heavy atom. The fourth-order valence-corrected chi connectivity index (χ4v) is 3.63. The summed E-state index contributed by atoms with van der Waals surface area (Å²) in [6.45, 7) is 2.98. The van der Waals surface area contributed by atoms with Gasteiger partial charge < -0.3 is 10.0 Å². The number of H-pyrrole nitrogens is 1. The third-order valence-corrected chi connectivity index (χ3v) is 5.08. The molecular formula is C18H19N5O3. The minimum Gasteiger partial charge on any atom is -0.478 e. The molecule has 8 nitrogen and oxygen atoms in total. The van der Waals surface area contributed by atoms with Crippen LogP contribution in [0.3, 0.4) is 0 Å². The van der Waals surface area contributed by atoms with Gasteiger partial charge in [-0.15, -0.1) is 0 Å². The van der Waals surface area contributed by atoms with Gasteiger partial charge in [0, 0.05) is 18.5 Å². The maximum atomic E-state index is 12.9. The molecule has 0 unspecified atom stereocenters. The quantitative estimate of drug-likeness (QED) is 0.751. The lowest BCUT2D eigenvalue weighted by Gasteiger charge is -2.32. The second-order valence-electron chi connectivity index (χ2n) is 6.56. The normalized spacial score (nSPS) is 15.5. The topological polar surface area (TPSA) is 104 Å². The van der Waals surface area contributed by atoms with E-state index < -0.39 is 5.97 Å². The second kappa shape index (κ2) is 6.29. The average molecular weight is 353 g/mol. The fourth-order valence-electron chi connectivity index (χ4n) is 3.63. The van der Waals surface area contributed by atoms with Gasteiger partial charge in [0.05, 0.1) is 35.2 Å². The van der Waals surface area contributed by atoms with Crippen LogP contribution in [0, 0.1) is 6.92 Å². The molecule has 1 saturated heterocycles. The lowest BCUT2D eigenvalue weighted by atomic mass is 10.0. The van der Waals surface area contributed by atoms with Crippen molar-refractivity contribution in [3.8, 4) is 0 Å². The van der Waals surface area contributed by atoms with Crippen LogP contribution in [0.25, 0.3) is 10.9 Å². The predicted molar refractivity (Wildman–Crippen MR) is 94.2 cm³/mol. The minimum absolute atomic E-state index is 0.0123. The number of carboxylic acids is 1. The van der Waals surface area contributed by atoms with E-state index in [9.17, 15) is 14.7 Å². The van der Waals surface area contributed by atoms with Gasteiger partial charge in [-0.05, 0) is 25.8 Å². The predicted octanol–water partition coefficient (Wildman–Crippen LogP) is 2.24. The molecular weight excluding hydrogens is 334 g/mol. The molecule has 1 fully saturated rings. The highest BCUT2D eigenvalue weighted by atomic mass is 16.4. The number of piperidine rings is 1. The molecule has 3 aromatic rings. The van der Waals surface area contributed by atoms with Crippen LogP contribution in [0.2, 0.25) is 0 Å². The maximum absolute atomic E-state index is 12.9. The van der Waals surface area contributed by atoms with Crippen molar-refractivity contribution in [1.29, 1.82) is 0 Å². The molecule has 3 heterocycles. The van der Waals surface area contributed by atoms with Gasteiger partial charge in [0.2, 0.25) is 0 Å². The second-order valence-corrected chi connectivity index (χ2v) is 6.56. The van der Waals surface area contributed by atoms with Crippen molar-refractivity contribution in [3.63, 3.8) is 0 Å². The third kappa shape index (κ3) is 2.63. The van der Waals surface area contributed by atoms with E-state index in [1.54, 1.807) is 17.8 Å². The van der Waals surface area contributed by atoms with Crippen LogP contribution in [-0.2, 0) is 0 Å². The van der Waals surface area contributed by atoms with Crippen LogP contribution in [0.4, 0.5) is 0 Å². The van der Waals surface area contributed by atoms with Gasteiger partial charge >= 0.3 is 5.97 Å². The Hall–Kier alpha value is -3.16.